The lowest BCUT2D eigenvalue weighted by molar-refractivity contribution is 0.0600. The molecule has 0 bridgehead atoms. The number of rotatable bonds is 8. The summed E-state index contributed by atoms with van der Waals surface area (Å²) in [5, 5.41) is 10.0. The predicted molar refractivity (Wildman–Crippen MR) is 128 cm³/mol. The second-order valence-electron chi connectivity index (χ2n) is 8.01. The van der Waals surface area contributed by atoms with Gasteiger partial charge in [0.15, 0.2) is 11.0 Å². The van der Waals surface area contributed by atoms with E-state index in [9.17, 15) is 4.79 Å². The SMILES string of the molecule is COC(=O)c1ccccc1CSc1nnc(-c2cc(OC)cc(OC)c2)n1C1CCCCC1. The van der Waals surface area contributed by atoms with E-state index < -0.39 is 0 Å². The quantitative estimate of drug-likeness (QED) is 0.318. The Hall–Kier alpha value is -3.00. The molecule has 0 atom stereocenters. The van der Waals surface area contributed by atoms with Crippen molar-refractivity contribution >= 4 is 17.7 Å². The number of esters is 1. The zero-order valence-corrected chi connectivity index (χ0v) is 20.1. The van der Waals surface area contributed by atoms with Gasteiger partial charge < -0.3 is 14.2 Å². The lowest BCUT2D eigenvalue weighted by Crippen LogP contribution is -2.15. The summed E-state index contributed by atoms with van der Waals surface area (Å²) in [4.78, 5) is 12.2. The molecule has 1 aromatic heterocycles. The van der Waals surface area contributed by atoms with Gasteiger partial charge in [-0.2, -0.15) is 0 Å². The van der Waals surface area contributed by atoms with E-state index in [0.29, 0.717) is 28.9 Å². The minimum Gasteiger partial charge on any atom is -0.497 e. The molecule has 1 saturated carbocycles. The maximum Gasteiger partial charge on any atom is 0.338 e. The highest BCUT2D eigenvalue weighted by Gasteiger charge is 2.25. The Labute approximate surface area is 198 Å². The number of ether oxygens (including phenoxy) is 3. The number of hydrogen-bond donors (Lipinski definition) is 0. The molecule has 8 heteroatoms. The van der Waals surface area contributed by atoms with Crippen molar-refractivity contribution in [3.63, 3.8) is 0 Å². The molecular weight excluding hydrogens is 438 g/mol. The Morgan fingerprint density at radius 2 is 1.70 bits per heavy atom. The van der Waals surface area contributed by atoms with Gasteiger partial charge in [-0.05, 0) is 36.6 Å². The van der Waals surface area contributed by atoms with Crippen LogP contribution in [0.4, 0.5) is 0 Å². The second kappa shape index (κ2) is 10.7. The van der Waals surface area contributed by atoms with Crippen molar-refractivity contribution in [2.45, 2.75) is 49.1 Å². The van der Waals surface area contributed by atoms with E-state index in [-0.39, 0.29) is 5.97 Å². The molecule has 33 heavy (non-hydrogen) atoms. The van der Waals surface area contributed by atoms with Crippen molar-refractivity contribution in [1.29, 1.82) is 0 Å². The average molecular weight is 468 g/mol. The molecular formula is C25H29N3O4S. The van der Waals surface area contributed by atoms with Crippen LogP contribution < -0.4 is 9.47 Å². The van der Waals surface area contributed by atoms with E-state index >= 15 is 0 Å². The van der Waals surface area contributed by atoms with Crippen LogP contribution in [-0.2, 0) is 10.5 Å². The summed E-state index contributed by atoms with van der Waals surface area (Å²) in [6.45, 7) is 0. The van der Waals surface area contributed by atoms with Gasteiger partial charge in [0, 0.05) is 23.4 Å². The molecule has 0 aliphatic heterocycles. The fourth-order valence-electron chi connectivity index (χ4n) is 4.27. The third-order valence-corrected chi connectivity index (χ3v) is 6.99. The lowest BCUT2D eigenvalue weighted by atomic mass is 9.95. The van der Waals surface area contributed by atoms with E-state index in [0.717, 1.165) is 34.9 Å². The third-order valence-electron chi connectivity index (χ3n) is 5.99. The summed E-state index contributed by atoms with van der Waals surface area (Å²) in [5.74, 6) is 2.50. The molecule has 0 saturated heterocycles. The average Bonchev–Trinajstić information content (AvgIpc) is 3.31. The number of methoxy groups -OCH3 is 3. The van der Waals surface area contributed by atoms with Gasteiger partial charge in [-0.25, -0.2) is 4.79 Å². The highest BCUT2D eigenvalue weighted by molar-refractivity contribution is 7.98. The van der Waals surface area contributed by atoms with Gasteiger partial charge in [-0.1, -0.05) is 49.2 Å². The molecule has 0 spiro atoms. The number of aromatic nitrogens is 3. The maximum atomic E-state index is 12.2. The molecule has 174 valence electrons. The van der Waals surface area contributed by atoms with Crippen molar-refractivity contribution < 1.29 is 19.0 Å². The van der Waals surface area contributed by atoms with Gasteiger partial charge in [0.1, 0.15) is 11.5 Å². The van der Waals surface area contributed by atoms with Gasteiger partial charge >= 0.3 is 5.97 Å². The molecule has 1 fully saturated rings. The Balaban J connectivity index is 1.70. The summed E-state index contributed by atoms with van der Waals surface area (Å²) in [6.07, 6.45) is 5.84. The number of carbonyl (C=O) groups is 1. The Bertz CT molecular complexity index is 1090. The zero-order valence-electron chi connectivity index (χ0n) is 19.2. The van der Waals surface area contributed by atoms with Crippen molar-refractivity contribution in [2.24, 2.45) is 0 Å². The molecule has 1 aliphatic carbocycles. The Morgan fingerprint density at radius 1 is 1.00 bits per heavy atom. The first-order valence-corrected chi connectivity index (χ1v) is 12.1. The molecule has 7 nitrogen and oxygen atoms in total. The molecule has 4 rings (SSSR count). The molecule has 1 heterocycles. The molecule has 3 aromatic rings. The van der Waals surface area contributed by atoms with Crippen LogP contribution in [0, 0.1) is 0 Å². The van der Waals surface area contributed by atoms with Crippen molar-refractivity contribution in [3.05, 3.63) is 53.6 Å². The first-order chi connectivity index (χ1) is 16.1. The van der Waals surface area contributed by atoms with E-state index in [1.165, 1.54) is 26.4 Å². The maximum absolute atomic E-state index is 12.2. The number of thioether (sulfide) groups is 1. The normalized spacial score (nSPS) is 14.2. The minimum absolute atomic E-state index is 0.330. The van der Waals surface area contributed by atoms with Gasteiger partial charge in [-0.15, -0.1) is 10.2 Å². The van der Waals surface area contributed by atoms with E-state index in [4.69, 9.17) is 14.2 Å². The van der Waals surface area contributed by atoms with Crippen molar-refractivity contribution in [3.8, 4) is 22.9 Å². The standard InChI is InChI=1S/C25H29N3O4S/c1-30-20-13-18(14-21(15-20)31-2)23-26-27-25(28(23)19-10-5-4-6-11-19)33-16-17-9-7-8-12-22(17)24(29)32-3/h7-9,12-15,19H,4-6,10-11,16H2,1-3H3. The number of carbonyl (C=O) groups excluding carboxylic acids is 1. The van der Waals surface area contributed by atoms with Crippen LogP contribution in [-0.4, -0.2) is 42.1 Å². The Kier molecular flexibility index (Phi) is 7.54. The largest absolute Gasteiger partial charge is 0.497 e. The summed E-state index contributed by atoms with van der Waals surface area (Å²) in [7, 11) is 4.69. The summed E-state index contributed by atoms with van der Waals surface area (Å²) < 4.78 is 18.2. The van der Waals surface area contributed by atoms with Crippen molar-refractivity contribution in [1.82, 2.24) is 14.8 Å². The van der Waals surface area contributed by atoms with Gasteiger partial charge in [0.05, 0.1) is 26.9 Å². The monoisotopic (exact) mass is 467 g/mol. The van der Waals surface area contributed by atoms with E-state index in [1.807, 2.05) is 36.4 Å². The topological polar surface area (TPSA) is 75.5 Å². The van der Waals surface area contributed by atoms with Crippen molar-refractivity contribution in [2.75, 3.05) is 21.3 Å². The number of hydrogen-bond acceptors (Lipinski definition) is 7. The summed E-state index contributed by atoms with van der Waals surface area (Å²) >= 11 is 1.59. The third kappa shape index (κ3) is 5.16. The highest BCUT2D eigenvalue weighted by Crippen LogP contribution is 2.38. The summed E-state index contributed by atoms with van der Waals surface area (Å²) in [6, 6.07) is 13.6. The van der Waals surface area contributed by atoms with Crippen LogP contribution in [0.1, 0.15) is 54.1 Å². The molecule has 0 N–H and O–H groups in total. The molecule has 1 aliphatic rings. The predicted octanol–water partition coefficient (Wildman–Crippen LogP) is 5.55. The van der Waals surface area contributed by atoms with Crippen LogP contribution in [0.2, 0.25) is 0 Å². The van der Waals surface area contributed by atoms with E-state index in [2.05, 4.69) is 14.8 Å². The lowest BCUT2D eigenvalue weighted by Gasteiger charge is -2.26. The fraction of sp³-hybridized carbons (Fsp3) is 0.400. The molecule has 0 amide bonds. The molecule has 0 radical (unpaired) electrons. The summed E-state index contributed by atoms with van der Waals surface area (Å²) in [5.41, 5.74) is 2.40. The zero-order chi connectivity index (χ0) is 23.2. The fourth-order valence-corrected chi connectivity index (χ4v) is 5.28. The highest BCUT2D eigenvalue weighted by atomic mass is 32.2. The van der Waals surface area contributed by atoms with Crippen LogP contribution in [0.5, 0.6) is 11.5 Å². The number of benzene rings is 2. The molecule has 0 unspecified atom stereocenters. The van der Waals surface area contributed by atoms with Gasteiger partial charge in [0.25, 0.3) is 0 Å². The second-order valence-corrected chi connectivity index (χ2v) is 8.95. The van der Waals surface area contributed by atoms with Crippen LogP contribution in [0.25, 0.3) is 11.4 Å². The number of nitrogens with zero attached hydrogens (tertiary/aromatic N) is 3. The Morgan fingerprint density at radius 3 is 2.36 bits per heavy atom. The van der Waals surface area contributed by atoms with E-state index in [1.54, 1.807) is 32.0 Å². The first-order valence-electron chi connectivity index (χ1n) is 11.1. The molecule has 2 aromatic carbocycles. The van der Waals surface area contributed by atoms with Gasteiger partial charge in [0.2, 0.25) is 0 Å². The van der Waals surface area contributed by atoms with Gasteiger partial charge in [-0.3, -0.25) is 4.57 Å². The smallest absolute Gasteiger partial charge is 0.338 e. The first kappa shape index (κ1) is 23.2. The van der Waals surface area contributed by atoms with Crippen LogP contribution in [0.3, 0.4) is 0 Å². The van der Waals surface area contributed by atoms with Crippen LogP contribution >= 0.6 is 11.8 Å². The minimum atomic E-state index is -0.330. The van der Waals surface area contributed by atoms with Crippen LogP contribution in [0.15, 0.2) is 47.6 Å².